The van der Waals surface area contributed by atoms with Gasteiger partial charge >= 0.3 is 0 Å². The summed E-state index contributed by atoms with van der Waals surface area (Å²) < 4.78 is 7.23. The SMILES string of the molecule is COCCCn1c(SCC(=O)NC(c2ccccc2)C2CC2)nnc1-c1ccccc1Cl. The number of carbonyl (C=O) groups excluding carboxylic acids is 1. The summed E-state index contributed by atoms with van der Waals surface area (Å²) in [6, 6.07) is 17.9. The number of hydrogen-bond donors (Lipinski definition) is 1. The fourth-order valence-electron chi connectivity index (χ4n) is 3.71. The highest BCUT2D eigenvalue weighted by Crippen LogP contribution is 2.41. The van der Waals surface area contributed by atoms with Gasteiger partial charge in [0.25, 0.3) is 0 Å². The van der Waals surface area contributed by atoms with Gasteiger partial charge < -0.3 is 14.6 Å². The molecule has 1 atom stereocenters. The first kappa shape index (κ1) is 22.8. The van der Waals surface area contributed by atoms with E-state index < -0.39 is 0 Å². The molecule has 2 aromatic carbocycles. The Morgan fingerprint density at radius 3 is 2.66 bits per heavy atom. The maximum atomic E-state index is 12.8. The third-order valence-electron chi connectivity index (χ3n) is 5.46. The van der Waals surface area contributed by atoms with Crippen LogP contribution in [0.3, 0.4) is 0 Å². The Kier molecular flexibility index (Phi) is 7.84. The largest absolute Gasteiger partial charge is 0.385 e. The molecule has 4 rings (SSSR count). The first-order valence-corrected chi connectivity index (χ1v) is 12.2. The summed E-state index contributed by atoms with van der Waals surface area (Å²) in [5.41, 5.74) is 1.99. The average molecular weight is 471 g/mol. The third kappa shape index (κ3) is 5.71. The Hall–Kier alpha value is -2.35. The number of hydrogen-bond acceptors (Lipinski definition) is 5. The van der Waals surface area contributed by atoms with Crippen LogP contribution in [0.15, 0.2) is 59.8 Å². The molecule has 1 amide bonds. The number of amides is 1. The molecule has 1 aromatic heterocycles. The number of methoxy groups -OCH3 is 1. The summed E-state index contributed by atoms with van der Waals surface area (Å²) in [6.07, 6.45) is 3.12. The summed E-state index contributed by atoms with van der Waals surface area (Å²) in [5.74, 6) is 1.51. The van der Waals surface area contributed by atoms with Crippen molar-refractivity contribution in [1.29, 1.82) is 0 Å². The lowest BCUT2D eigenvalue weighted by molar-refractivity contribution is -0.119. The normalized spacial score (nSPS) is 14.3. The van der Waals surface area contributed by atoms with Crippen LogP contribution in [-0.4, -0.2) is 40.1 Å². The molecule has 0 spiro atoms. The van der Waals surface area contributed by atoms with Gasteiger partial charge in [-0.3, -0.25) is 4.79 Å². The zero-order valence-corrected chi connectivity index (χ0v) is 19.6. The molecule has 1 heterocycles. The summed E-state index contributed by atoms with van der Waals surface area (Å²) in [4.78, 5) is 12.8. The Morgan fingerprint density at radius 2 is 1.94 bits per heavy atom. The van der Waals surface area contributed by atoms with Crippen molar-refractivity contribution in [1.82, 2.24) is 20.1 Å². The fourth-order valence-corrected chi connectivity index (χ4v) is 4.71. The molecule has 6 nitrogen and oxygen atoms in total. The maximum absolute atomic E-state index is 12.8. The minimum Gasteiger partial charge on any atom is -0.385 e. The molecular weight excluding hydrogens is 444 g/mol. The minimum atomic E-state index is 0.00138. The van der Waals surface area contributed by atoms with Crippen LogP contribution in [0, 0.1) is 5.92 Å². The van der Waals surface area contributed by atoms with Gasteiger partial charge in [0.1, 0.15) is 0 Å². The van der Waals surface area contributed by atoms with Gasteiger partial charge in [0.15, 0.2) is 11.0 Å². The number of rotatable bonds is 11. The van der Waals surface area contributed by atoms with E-state index in [0.717, 1.165) is 30.4 Å². The molecular formula is C24H27ClN4O2S. The minimum absolute atomic E-state index is 0.00138. The zero-order valence-electron chi connectivity index (χ0n) is 18.0. The monoisotopic (exact) mass is 470 g/mol. The molecule has 168 valence electrons. The molecule has 32 heavy (non-hydrogen) atoms. The number of aromatic nitrogens is 3. The average Bonchev–Trinajstić information content (AvgIpc) is 3.58. The molecule has 1 fully saturated rings. The van der Waals surface area contributed by atoms with Crippen LogP contribution in [-0.2, 0) is 16.1 Å². The third-order valence-corrected chi connectivity index (χ3v) is 6.76. The molecule has 0 bridgehead atoms. The molecule has 0 radical (unpaired) electrons. The van der Waals surface area contributed by atoms with Crippen molar-refractivity contribution >= 4 is 29.3 Å². The number of thioether (sulfide) groups is 1. The Bertz CT molecular complexity index is 1040. The summed E-state index contributed by atoms with van der Waals surface area (Å²) in [7, 11) is 1.68. The molecule has 0 aliphatic heterocycles. The lowest BCUT2D eigenvalue weighted by Gasteiger charge is -2.18. The van der Waals surface area contributed by atoms with E-state index in [-0.39, 0.29) is 17.7 Å². The quantitative estimate of drug-likeness (QED) is 0.315. The van der Waals surface area contributed by atoms with Crippen LogP contribution in [0.25, 0.3) is 11.4 Å². The van der Waals surface area contributed by atoms with Crippen molar-refractivity contribution in [2.75, 3.05) is 19.5 Å². The Labute approximate surface area is 197 Å². The molecule has 1 aliphatic rings. The second-order valence-corrected chi connectivity index (χ2v) is 9.22. The lowest BCUT2D eigenvalue weighted by Crippen LogP contribution is -2.31. The van der Waals surface area contributed by atoms with Crippen LogP contribution in [0.2, 0.25) is 5.02 Å². The van der Waals surface area contributed by atoms with Crippen LogP contribution in [0.4, 0.5) is 0 Å². The number of benzene rings is 2. The second kappa shape index (κ2) is 11.0. The summed E-state index contributed by atoms with van der Waals surface area (Å²) in [5, 5.41) is 13.3. The van der Waals surface area contributed by atoms with E-state index in [2.05, 4.69) is 27.6 Å². The van der Waals surface area contributed by atoms with Gasteiger partial charge in [-0.1, -0.05) is 65.8 Å². The molecule has 3 aromatic rings. The predicted molar refractivity (Wildman–Crippen MR) is 128 cm³/mol. The van der Waals surface area contributed by atoms with Crippen LogP contribution in [0.1, 0.15) is 30.9 Å². The lowest BCUT2D eigenvalue weighted by atomic mass is 10.0. The second-order valence-electron chi connectivity index (χ2n) is 7.87. The molecule has 1 aliphatic carbocycles. The van der Waals surface area contributed by atoms with Crippen molar-refractivity contribution in [2.45, 2.75) is 37.0 Å². The van der Waals surface area contributed by atoms with Crippen molar-refractivity contribution in [3.05, 3.63) is 65.2 Å². The number of halogens is 1. The number of nitrogens with one attached hydrogen (secondary N) is 1. The fraction of sp³-hybridized carbons (Fsp3) is 0.375. The van der Waals surface area contributed by atoms with E-state index >= 15 is 0 Å². The molecule has 8 heteroatoms. The van der Waals surface area contributed by atoms with Crippen molar-refractivity contribution in [2.24, 2.45) is 5.92 Å². The van der Waals surface area contributed by atoms with Gasteiger partial charge in [-0.15, -0.1) is 10.2 Å². The summed E-state index contributed by atoms with van der Waals surface area (Å²) in [6.45, 7) is 1.31. The zero-order chi connectivity index (χ0) is 22.3. The van der Waals surface area contributed by atoms with E-state index in [1.165, 1.54) is 11.8 Å². The van der Waals surface area contributed by atoms with E-state index in [9.17, 15) is 4.79 Å². The van der Waals surface area contributed by atoms with Crippen LogP contribution >= 0.6 is 23.4 Å². The van der Waals surface area contributed by atoms with Crippen LogP contribution < -0.4 is 5.32 Å². The first-order valence-electron chi connectivity index (χ1n) is 10.8. The highest BCUT2D eigenvalue weighted by Gasteiger charge is 2.33. The number of ether oxygens (including phenoxy) is 1. The van der Waals surface area contributed by atoms with E-state index in [1.54, 1.807) is 7.11 Å². The van der Waals surface area contributed by atoms with Crippen molar-refractivity contribution < 1.29 is 9.53 Å². The van der Waals surface area contributed by atoms with Crippen LogP contribution in [0.5, 0.6) is 0 Å². The van der Waals surface area contributed by atoms with Gasteiger partial charge in [0.05, 0.1) is 16.8 Å². The predicted octanol–water partition coefficient (Wildman–Crippen LogP) is 4.99. The topological polar surface area (TPSA) is 69.0 Å². The Balaban J connectivity index is 1.46. The van der Waals surface area contributed by atoms with E-state index in [1.807, 2.05) is 47.0 Å². The highest BCUT2D eigenvalue weighted by molar-refractivity contribution is 7.99. The van der Waals surface area contributed by atoms with Crippen molar-refractivity contribution in [3.63, 3.8) is 0 Å². The smallest absolute Gasteiger partial charge is 0.230 e. The maximum Gasteiger partial charge on any atom is 0.230 e. The van der Waals surface area contributed by atoms with Crippen molar-refractivity contribution in [3.8, 4) is 11.4 Å². The first-order chi connectivity index (χ1) is 15.7. The van der Waals surface area contributed by atoms with Gasteiger partial charge in [-0.05, 0) is 42.9 Å². The standard InChI is InChI=1S/C24H27ClN4O2S/c1-31-15-7-14-29-23(19-10-5-6-11-20(19)25)27-28-24(29)32-16-21(30)26-22(18-12-13-18)17-8-3-2-4-9-17/h2-6,8-11,18,22H,7,12-16H2,1H3,(H,26,30). The molecule has 1 N–H and O–H groups in total. The van der Waals surface area contributed by atoms with Gasteiger partial charge in [0.2, 0.25) is 5.91 Å². The van der Waals surface area contributed by atoms with Gasteiger partial charge in [-0.2, -0.15) is 0 Å². The summed E-state index contributed by atoms with van der Waals surface area (Å²) >= 11 is 7.80. The van der Waals surface area contributed by atoms with E-state index in [4.69, 9.17) is 16.3 Å². The highest BCUT2D eigenvalue weighted by atomic mass is 35.5. The number of carbonyl (C=O) groups is 1. The molecule has 1 saturated carbocycles. The van der Waals surface area contributed by atoms with Gasteiger partial charge in [-0.25, -0.2) is 0 Å². The van der Waals surface area contributed by atoms with E-state index in [0.29, 0.717) is 35.1 Å². The molecule has 0 saturated heterocycles. The number of nitrogens with zero attached hydrogens (tertiary/aromatic N) is 3. The van der Waals surface area contributed by atoms with Gasteiger partial charge in [0, 0.05) is 25.8 Å². The Morgan fingerprint density at radius 1 is 1.19 bits per heavy atom. The molecule has 1 unspecified atom stereocenters.